The number of hydrogen-bond acceptors (Lipinski definition) is 6. The molecule has 2 heterocycles. The van der Waals surface area contributed by atoms with E-state index < -0.39 is 24.1 Å². The summed E-state index contributed by atoms with van der Waals surface area (Å²) in [4.78, 5) is 51.9. The van der Waals surface area contributed by atoms with Crippen molar-refractivity contribution in [3.63, 3.8) is 0 Å². The largest absolute Gasteiger partial charge is 0.490 e. The third-order valence-electron chi connectivity index (χ3n) is 6.51. The van der Waals surface area contributed by atoms with Crippen LogP contribution in [0.2, 0.25) is 0 Å². The number of nitrogens with one attached hydrogen (secondary N) is 4. The van der Waals surface area contributed by atoms with Gasteiger partial charge in [0.05, 0.1) is 6.54 Å². The zero-order valence-electron chi connectivity index (χ0n) is 22.7. The zero-order valence-corrected chi connectivity index (χ0v) is 22.7. The second-order valence-electron chi connectivity index (χ2n) is 9.56. The van der Waals surface area contributed by atoms with Gasteiger partial charge in [-0.2, -0.15) is 13.2 Å². The Morgan fingerprint density at radius 3 is 2.29 bits per heavy atom. The second kappa shape index (κ2) is 15.0. The number of rotatable bonds is 10. The fraction of sp³-hybridized carbons (Fsp3) is 0.357. The van der Waals surface area contributed by atoms with Gasteiger partial charge in [0, 0.05) is 47.9 Å². The van der Waals surface area contributed by atoms with Crippen LogP contribution in [0.1, 0.15) is 28.8 Å². The van der Waals surface area contributed by atoms with Crippen molar-refractivity contribution in [2.24, 2.45) is 5.73 Å². The Bertz CT molecular complexity index is 1370. The van der Waals surface area contributed by atoms with Crippen molar-refractivity contribution in [3.8, 4) is 0 Å². The van der Waals surface area contributed by atoms with E-state index in [1.807, 2.05) is 30.5 Å². The number of hydrogen-bond donors (Lipinski definition) is 6. The van der Waals surface area contributed by atoms with E-state index in [9.17, 15) is 27.6 Å². The lowest BCUT2D eigenvalue weighted by atomic mass is 10.0. The standard InChI is InChI=1S/C26H32N6O3.C2HF3O2/c27-16-24(33)31-23(15-19-17-29-22-6-2-1-5-21(19)22)26(35)30-20-9-7-18(8-10-20)25(34)28-11-14-32-12-3-4-13-32;3-2(4,5)1(6)7/h1-2,5-10,17,23,29H,3-4,11-16,27H2,(H,28,34)(H,30,35)(H,31,33);(H,6,7)/t23-;/m0./s1. The molecule has 1 fully saturated rings. The van der Waals surface area contributed by atoms with Gasteiger partial charge in [-0.1, -0.05) is 18.2 Å². The first-order valence-corrected chi connectivity index (χ1v) is 13.2. The summed E-state index contributed by atoms with van der Waals surface area (Å²) in [6, 6.07) is 13.7. The van der Waals surface area contributed by atoms with E-state index in [1.54, 1.807) is 24.3 Å². The summed E-state index contributed by atoms with van der Waals surface area (Å²) in [5, 5.41) is 16.6. The SMILES string of the molecule is NCC(=O)N[C@@H](Cc1c[nH]c2ccccc12)C(=O)Nc1ccc(C(=O)NCCN2CCCC2)cc1.O=C(O)C(F)(F)F. The highest BCUT2D eigenvalue weighted by Crippen LogP contribution is 2.20. The first-order chi connectivity index (χ1) is 20.0. The second-order valence-corrected chi connectivity index (χ2v) is 9.56. The lowest BCUT2D eigenvalue weighted by Gasteiger charge is -2.18. The number of aromatic amines is 1. The van der Waals surface area contributed by atoms with Gasteiger partial charge in [0.2, 0.25) is 11.8 Å². The molecule has 1 atom stereocenters. The highest BCUT2D eigenvalue weighted by molar-refractivity contribution is 5.99. The number of amides is 3. The number of nitrogens with zero attached hydrogens (tertiary/aromatic N) is 1. The smallest absolute Gasteiger partial charge is 0.475 e. The van der Waals surface area contributed by atoms with E-state index in [0.29, 0.717) is 24.2 Å². The number of halogens is 3. The molecule has 3 aromatic rings. The summed E-state index contributed by atoms with van der Waals surface area (Å²) >= 11 is 0. The van der Waals surface area contributed by atoms with Crippen molar-refractivity contribution in [3.05, 3.63) is 65.9 Å². The number of carboxylic acid groups (broad SMARTS) is 1. The van der Waals surface area contributed by atoms with Crippen LogP contribution in [-0.4, -0.2) is 83.6 Å². The molecule has 0 radical (unpaired) electrons. The summed E-state index contributed by atoms with van der Waals surface area (Å²) < 4.78 is 31.7. The number of anilines is 1. The molecule has 1 aliphatic heterocycles. The van der Waals surface area contributed by atoms with Gasteiger partial charge >= 0.3 is 12.1 Å². The molecule has 0 unspecified atom stereocenters. The van der Waals surface area contributed by atoms with Crippen LogP contribution in [0.5, 0.6) is 0 Å². The Balaban J connectivity index is 0.000000616. The van der Waals surface area contributed by atoms with Crippen molar-refractivity contribution >= 4 is 40.3 Å². The minimum absolute atomic E-state index is 0.144. The topological polar surface area (TPSA) is 170 Å². The highest BCUT2D eigenvalue weighted by atomic mass is 19.4. The maximum Gasteiger partial charge on any atom is 0.490 e. The predicted molar refractivity (Wildman–Crippen MR) is 150 cm³/mol. The van der Waals surface area contributed by atoms with Crippen molar-refractivity contribution in [2.75, 3.05) is 38.0 Å². The van der Waals surface area contributed by atoms with Gasteiger partial charge in [-0.25, -0.2) is 4.79 Å². The van der Waals surface area contributed by atoms with E-state index in [4.69, 9.17) is 15.6 Å². The van der Waals surface area contributed by atoms with E-state index in [0.717, 1.165) is 36.1 Å². The Morgan fingerprint density at radius 2 is 1.67 bits per heavy atom. The van der Waals surface area contributed by atoms with Gasteiger partial charge in [-0.15, -0.1) is 0 Å². The van der Waals surface area contributed by atoms with Crippen molar-refractivity contribution in [2.45, 2.75) is 31.5 Å². The molecule has 14 heteroatoms. The Kier molecular flexibility index (Phi) is 11.4. The molecular weight excluding hydrogens is 557 g/mol. The molecule has 2 aromatic carbocycles. The van der Waals surface area contributed by atoms with Crippen LogP contribution < -0.4 is 21.7 Å². The van der Waals surface area contributed by atoms with Crippen molar-refractivity contribution < 1.29 is 37.5 Å². The van der Waals surface area contributed by atoms with Gasteiger partial charge in [-0.05, 0) is 61.8 Å². The van der Waals surface area contributed by atoms with Gasteiger partial charge in [0.1, 0.15) is 6.04 Å². The Morgan fingerprint density at radius 1 is 1.02 bits per heavy atom. The number of benzene rings is 2. The first-order valence-electron chi connectivity index (χ1n) is 13.2. The molecule has 0 bridgehead atoms. The van der Waals surface area contributed by atoms with Crippen LogP contribution >= 0.6 is 0 Å². The number of fused-ring (bicyclic) bond motifs is 1. The summed E-state index contributed by atoms with van der Waals surface area (Å²) in [6.45, 7) is 3.44. The van der Waals surface area contributed by atoms with Crippen LogP contribution in [0.25, 0.3) is 10.9 Å². The van der Waals surface area contributed by atoms with Crippen LogP contribution in [0.4, 0.5) is 18.9 Å². The number of aromatic nitrogens is 1. The van der Waals surface area contributed by atoms with Crippen LogP contribution in [-0.2, 0) is 20.8 Å². The van der Waals surface area contributed by atoms with Crippen LogP contribution in [0.15, 0.2) is 54.7 Å². The number of carbonyl (C=O) groups is 4. The highest BCUT2D eigenvalue weighted by Gasteiger charge is 2.38. The van der Waals surface area contributed by atoms with Crippen molar-refractivity contribution in [1.29, 1.82) is 0 Å². The van der Waals surface area contributed by atoms with E-state index in [2.05, 4.69) is 25.8 Å². The number of alkyl halides is 3. The maximum absolute atomic E-state index is 13.1. The number of H-pyrrole nitrogens is 1. The average Bonchev–Trinajstić information content (AvgIpc) is 3.63. The molecule has 1 aromatic heterocycles. The number of likely N-dealkylation sites (tertiary alicyclic amines) is 1. The van der Waals surface area contributed by atoms with Crippen LogP contribution in [0, 0.1) is 0 Å². The molecule has 0 spiro atoms. The minimum atomic E-state index is -5.08. The quantitative estimate of drug-likeness (QED) is 0.210. The first kappa shape index (κ1) is 32.1. The number of carboxylic acids is 1. The number of para-hydroxylation sites is 1. The molecule has 1 saturated heterocycles. The molecule has 1 aliphatic rings. The van der Waals surface area contributed by atoms with E-state index in [-0.39, 0.29) is 18.4 Å². The summed E-state index contributed by atoms with van der Waals surface area (Å²) in [6.07, 6.45) is -0.491. The van der Waals surface area contributed by atoms with Crippen molar-refractivity contribution in [1.82, 2.24) is 20.5 Å². The van der Waals surface area contributed by atoms with Gasteiger partial charge in [-0.3, -0.25) is 14.4 Å². The normalized spacial score (nSPS) is 14.0. The number of carbonyl (C=O) groups excluding carboxylic acids is 3. The summed E-state index contributed by atoms with van der Waals surface area (Å²) in [5.41, 5.74) is 8.40. The fourth-order valence-corrected chi connectivity index (χ4v) is 4.35. The molecule has 0 aliphatic carbocycles. The monoisotopic (exact) mass is 590 g/mol. The molecule has 7 N–H and O–H groups in total. The minimum Gasteiger partial charge on any atom is -0.475 e. The number of aliphatic carboxylic acids is 1. The maximum atomic E-state index is 13.1. The molecule has 11 nitrogen and oxygen atoms in total. The Labute approximate surface area is 239 Å². The zero-order chi connectivity index (χ0) is 30.7. The fourth-order valence-electron chi connectivity index (χ4n) is 4.35. The lowest BCUT2D eigenvalue weighted by molar-refractivity contribution is -0.192. The Hall–Kier alpha value is -4.43. The molecule has 0 saturated carbocycles. The van der Waals surface area contributed by atoms with Gasteiger partial charge in [0.25, 0.3) is 5.91 Å². The van der Waals surface area contributed by atoms with Gasteiger partial charge < -0.3 is 36.7 Å². The van der Waals surface area contributed by atoms with E-state index >= 15 is 0 Å². The summed E-state index contributed by atoms with van der Waals surface area (Å²) in [5.74, 6) is -3.67. The molecule has 3 amide bonds. The predicted octanol–water partition coefficient (Wildman–Crippen LogP) is 2.25. The third kappa shape index (κ3) is 9.59. The lowest BCUT2D eigenvalue weighted by Crippen LogP contribution is -2.47. The summed E-state index contributed by atoms with van der Waals surface area (Å²) in [7, 11) is 0. The molecular formula is C28H33F3N6O5. The molecule has 226 valence electrons. The van der Waals surface area contributed by atoms with E-state index in [1.165, 1.54) is 12.8 Å². The van der Waals surface area contributed by atoms with Crippen LogP contribution in [0.3, 0.4) is 0 Å². The third-order valence-corrected chi connectivity index (χ3v) is 6.51. The molecule has 4 rings (SSSR count). The van der Waals surface area contributed by atoms with Gasteiger partial charge in [0.15, 0.2) is 0 Å². The molecule has 42 heavy (non-hydrogen) atoms. The average molecular weight is 591 g/mol. The number of nitrogens with two attached hydrogens (primary N) is 1.